The van der Waals surface area contributed by atoms with Crippen LogP contribution in [0.4, 0.5) is 5.82 Å². The molecule has 1 aromatic carbocycles. The molecular formula is C16H23N3. The van der Waals surface area contributed by atoms with Crippen LogP contribution in [-0.4, -0.2) is 16.2 Å². The van der Waals surface area contributed by atoms with Gasteiger partial charge in [0, 0.05) is 16.8 Å². The maximum absolute atomic E-state index is 4.23. The van der Waals surface area contributed by atoms with Crippen molar-refractivity contribution in [3.05, 3.63) is 30.5 Å². The van der Waals surface area contributed by atoms with Gasteiger partial charge in [0.1, 0.15) is 0 Å². The zero-order chi connectivity index (χ0) is 13.5. The molecule has 0 radical (unpaired) electrons. The number of aromatic nitrogens is 2. The summed E-state index contributed by atoms with van der Waals surface area (Å²) >= 11 is 0. The van der Waals surface area contributed by atoms with Crippen molar-refractivity contribution in [1.82, 2.24) is 10.2 Å². The number of unbranched alkanes of at least 4 members (excludes halogenated alkanes) is 3. The van der Waals surface area contributed by atoms with Crippen molar-refractivity contribution in [3.63, 3.8) is 0 Å². The van der Waals surface area contributed by atoms with Crippen molar-refractivity contribution in [1.29, 1.82) is 0 Å². The predicted molar refractivity (Wildman–Crippen MR) is 81.4 cm³/mol. The average Bonchev–Trinajstić information content (AvgIpc) is 2.44. The first-order chi connectivity index (χ1) is 9.31. The molecule has 2 rings (SSSR count). The summed E-state index contributed by atoms with van der Waals surface area (Å²) in [6.45, 7) is 4.46. The Bertz CT molecular complexity index is 505. The minimum Gasteiger partial charge on any atom is -0.366 e. The van der Waals surface area contributed by atoms with Crippen LogP contribution >= 0.6 is 0 Å². The lowest BCUT2D eigenvalue weighted by Gasteiger charge is -2.15. The third kappa shape index (κ3) is 3.91. The van der Waals surface area contributed by atoms with E-state index in [2.05, 4.69) is 41.5 Å². The number of nitrogens with zero attached hydrogens (tertiary/aromatic N) is 2. The highest BCUT2D eigenvalue weighted by molar-refractivity contribution is 5.90. The fraction of sp³-hybridized carbons (Fsp3) is 0.500. The van der Waals surface area contributed by atoms with Crippen molar-refractivity contribution in [2.45, 2.75) is 52.0 Å². The summed E-state index contributed by atoms with van der Waals surface area (Å²) in [7, 11) is 0. The molecule has 0 amide bonds. The van der Waals surface area contributed by atoms with E-state index in [0.717, 1.165) is 16.6 Å². The summed E-state index contributed by atoms with van der Waals surface area (Å²) in [5.74, 6) is 0.904. The van der Waals surface area contributed by atoms with Gasteiger partial charge in [-0.25, -0.2) is 0 Å². The zero-order valence-corrected chi connectivity index (χ0v) is 11.9. The number of anilines is 1. The van der Waals surface area contributed by atoms with Crippen molar-refractivity contribution in [2.24, 2.45) is 0 Å². The molecule has 1 unspecified atom stereocenters. The second kappa shape index (κ2) is 7.07. The number of rotatable bonds is 7. The average molecular weight is 257 g/mol. The van der Waals surface area contributed by atoms with Gasteiger partial charge < -0.3 is 5.32 Å². The Morgan fingerprint density at radius 1 is 1.16 bits per heavy atom. The predicted octanol–water partition coefficient (Wildman–Crippen LogP) is 4.40. The maximum atomic E-state index is 4.23. The minimum absolute atomic E-state index is 0.442. The standard InChI is InChI=1S/C16H23N3/c1-3-4-5-6-9-13(2)18-16-15-11-8-7-10-14(15)12-17-19-16/h7-8,10-13H,3-6,9H2,1-2H3,(H,18,19). The highest BCUT2D eigenvalue weighted by atomic mass is 15.2. The minimum atomic E-state index is 0.442. The Hall–Kier alpha value is -1.64. The normalized spacial score (nSPS) is 12.5. The fourth-order valence-corrected chi connectivity index (χ4v) is 2.32. The molecular weight excluding hydrogens is 234 g/mol. The molecule has 3 heteroatoms. The van der Waals surface area contributed by atoms with Gasteiger partial charge in [-0.1, -0.05) is 56.9 Å². The Labute approximate surface area is 115 Å². The van der Waals surface area contributed by atoms with Crippen molar-refractivity contribution < 1.29 is 0 Å². The molecule has 1 atom stereocenters. The molecule has 0 saturated heterocycles. The Balaban J connectivity index is 1.97. The lowest BCUT2D eigenvalue weighted by Crippen LogP contribution is -2.16. The molecule has 2 aromatic rings. The van der Waals surface area contributed by atoms with E-state index in [1.807, 2.05) is 18.3 Å². The summed E-state index contributed by atoms with van der Waals surface area (Å²) in [5, 5.41) is 14.1. The van der Waals surface area contributed by atoms with E-state index in [0.29, 0.717) is 6.04 Å². The van der Waals surface area contributed by atoms with Gasteiger partial charge in [-0.05, 0) is 13.3 Å². The largest absolute Gasteiger partial charge is 0.366 e. The van der Waals surface area contributed by atoms with Crippen LogP contribution in [0.1, 0.15) is 46.0 Å². The Morgan fingerprint density at radius 3 is 2.84 bits per heavy atom. The molecule has 3 nitrogen and oxygen atoms in total. The molecule has 0 bridgehead atoms. The summed E-state index contributed by atoms with van der Waals surface area (Å²) in [6, 6.07) is 8.68. The van der Waals surface area contributed by atoms with Crippen LogP contribution in [0.3, 0.4) is 0 Å². The zero-order valence-electron chi connectivity index (χ0n) is 11.9. The van der Waals surface area contributed by atoms with Crippen molar-refractivity contribution in [3.8, 4) is 0 Å². The Kier molecular flexibility index (Phi) is 5.13. The van der Waals surface area contributed by atoms with Crippen molar-refractivity contribution in [2.75, 3.05) is 5.32 Å². The summed E-state index contributed by atoms with van der Waals surface area (Å²) in [4.78, 5) is 0. The summed E-state index contributed by atoms with van der Waals surface area (Å²) in [5.41, 5.74) is 0. The molecule has 102 valence electrons. The SMILES string of the molecule is CCCCCCC(C)Nc1nncc2ccccc12. The lowest BCUT2D eigenvalue weighted by atomic mass is 10.1. The Morgan fingerprint density at radius 2 is 2.00 bits per heavy atom. The van der Waals surface area contributed by atoms with E-state index in [1.165, 1.54) is 32.1 Å². The van der Waals surface area contributed by atoms with Crippen LogP contribution < -0.4 is 5.32 Å². The molecule has 0 aliphatic rings. The smallest absolute Gasteiger partial charge is 0.156 e. The lowest BCUT2D eigenvalue weighted by molar-refractivity contribution is 0.593. The quantitative estimate of drug-likeness (QED) is 0.747. The van der Waals surface area contributed by atoms with Crippen molar-refractivity contribution >= 4 is 16.6 Å². The van der Waals surface area contributed by atoms with E-state index >= 15 is 0 Å². The highest BCUT2D eigenvalue weighted by Crippen LogP contribution is 2.20. The second-order valence-corrected chi connectivity index (χ2v) is 5.18. The number of fused-ring (bicyclic) bond motifs is 1. The van der Waals surface area contributed by atoms with Gasteiger partial charge in [0.2, 0.25) is 0 Å². The molecule has 0 aliphatic heterocycles. The first-order valence-electron chi connectivity index (χ1n) is 7.28. The monoisotopic (exact) mass is 257 g/mol. The highest BCUT2D eigenvalue weighted by Gasteiger charge is 2.06. The van der Waals surface area contributed by atoms with E-state index < -0.39 is 0 Å². The van der Waals surface area contributed by atoms with Crippen LogP contribution in [0.15, 0.2) is 30.5 Å². The van der Waals surface area contributed by atoms with Gasteiger partial charge >= 0.3 is 0 Å². The van der Waals surface area contributed by atoms with Gasteiger partial charge in [-0.2, -0.15) is 5.10 Å². The maximum Gasteiger partial charge on any atom is 0.156 e. The molecule has 0 aliphatic carbocycles. The number of nitrogens with one attached hydrogen (secondary N) is 1. The summed E-state index contributed by atoms with van der Waals surface area (Å²) < 4.78 is 0. The van der Waals surface area contributed by atoms with Gasteiger partial charge in [0.25, 0.3) is 0 Å². The first-order valence-corrected chi connectivity index (χ1v) is 7.28. The van der Waals surface area contributed by atoms with Crippen LogP contribution in [0.25, 0.3) is 10.8 Å². The van der Waals surface area contributed by atoms with Gasteiger partial charge in [-0.15, -0.1) is 5.10 Å². The molecule has 19 heavy (non-hydrogen) atoms. The molecule has 0 fully saturated rings. The van der Waals surface area contributed by atoms with Crippen LogP contribution in [0.2, 0.25) is 0 Å². The van der Waals surface area contributed by atoms with Crippen LogP contribution in [0.5, 0.6) is 0 Å². The van der Waals surface area contributed by atoms with E-state index in [9.17, 15) is 0 Å². The molecule has 0 saturated carbocycles. The van der Waals surface area contributed by atoms with Crippen LogP contribution in [0, 0.1) is 0 Å². The molecule has 1 N–H and O–H groups in total. The van der Waals surface area contributed by atoms with E-state index in [-0.39, 0.29) is 0 Å². The number of benzene rings is 1. The second-order valence-electron chi connectivity index (χ2n) is 5.18. The third-order valence-electron chi connectivity index (χ3n) is 3.44. The number of hydrogen-bond acceptors (Lipinski definition) is 3. The topological polar surface area (TPSA) is 37.8 Å². The third-order valence-corrected chi connectivity index (χ3v) is 3.44. The number of hydrogen-bond donors (Lipinski definition) is 1. The van der Waals surface area contributed by atoms with Crippen LogP contribution in [-0.2, 0) is 0 Å². The van der Waals surface area contributed by atoms with Gasteiger partial charge in [-0.3, -0.25) is 0 Å². The molecule has 1 aromatic heterocycles. The van der Waals surface area contributed by atoms with Gasteiger partial charge in [0.05, 0.1) is 6.20 Å². The fourth-order valence-electron chi connectivity index (χ4n) is 2.32. The first kappa shape index (κ1) is 13.8. The molecule has 0 spiro atoms. The van der Waals surface area contributed by atoms with E-state index in [4.69, 9.17) is 0 Å². The summed E-state index contributed by atoms with van der Waals surface area (Å²) in [6.07, 6.45) is 8.22. The molecule has 1 heterocycles. The van der Waals surface area contributed by atoms with E-state index in [1.54, 1.807) is 0 Å². The van der Waals surface area contributed by atoms with Gasteiger partial charge in [0.15, 0.2) is 5.82 Å².